The minimum Gasteiger partial charge on any atom is -0.444 e. The number of hydrogen-bond acceptors (Lipinski definition) is 4. The summed E-state index contributed by atoms with van der Waals surface area (Å²) >= 11 is 0. The Balaban J connectivity index is 0.00000392. The largest absolute Gasteiger partial charge is 0.444 e. The summed E-state index contributed by atoms with van der Waals surface area (Å²) in [7, 11) is 0. The fourth-order valence-electron chi connectivity index (χ4n) is 2.87. The molecule has 8 nitrogen and oxygen atoms in total. The zero-order chi connectivity index (χ0) is 20.0. The van der Waals surface area contributed by atoms with Gasteiger partial charge < -0.3 is 20.3 Å². The molecule has 1 aromatic rings. The number of aromatic nitrogens is 2. The number of carbonyl (C=O) groups is 1. The number of nitrogens with zero attached hydrogens (tertiary/aromatic N) is 4. The molecule has 2 rings (SSSR count). The molecule has 2 N–H and O–H groups in total. The maximum atomic E-state index is 12.0. The average Bonchev–Trinajstić information content (AvgIpc) is 2.82. The van der Waals surface area contributed by atoms with Crippen molar-refractivity contribution in [1.82, 2.24) is 25.3 Å². The topological polar surface area (TPSA) is 83.8 Å². The average molecular weight is 506 g/mol. The molecule has 0 aromatic carbocycles. The van der Waals surface area contributed by atoms with Gasteiger partial charge in [0.1, 0.15) is 5.60 Å². The number of halogens is 1. The first-order valence-corrected chi connectivity index (χ1v) is 9.71. The van der Waals surface area contributed by atoms with Gasteiger partial charge in [-0.05, 0) is 54.0 Å². The highest BCUT2D eigenvalue weighted by molar-refractivity contribution is 14.0. The number of aryl methyl sites for hydroxylation is 3. The molecule has 1 aliphatic rings. The van der Waals surface area contributed by atoms with Crippen molar-refractivity contribution < 1.29 is 9.53 Å². The number of ether oxygens (including phenoxy) is 1. The molecule has 1 amide bonds. The van der Waals surface area contributed by atoms with Gasteiger partial charge in [-0.1, -0.05) is 0 Å². The second-order valence-electron chi connectivity index (χ2n) is 7.99. The maximum absolute atomic E-state index is 12.0. The molecule has 1 aliphatic heterocycles. The fraction of sp³-hybridized carbons (Fsp3) is 0.737. The fourth-order valence-corrected chi connectivity index (χ4v) is 2.87. The van der Waals surface area contributed by atoms with E-state index in [4.69, 9.17) is 4.74 Å². The van der Waals surface area contributed by atoms with E-state index in [-0.39, 0.29) is 36.1 Å². The number of likely N-dealkylation sites (tertiary alicyclic amines) is 1. The van der Waals surface area contributed by atoms with Gasteiger partial charge in [-0.2, -0.15) is 5.10 Å². The van der Waals surface area contributed by atoms with E-state index in [2.05, 4.69) is 33.7 Å². The van der Waals surface area contributed by atoms with Crippen LogP contribution in [0.4, 0.5) is 4.79 Å². The number of aliphatic imine (C=N–C) groups is 1. The number of carbonyl (C=O) groups excluding carboxylic acids is 1. The number of rotatable bonds is 6. The van der Waals surface area contributed by atoms with E-state index in [0.29, 0.717) is 13.1 Å². The van der Waals surface area contributed by atoms with E-state index >= 15 is 0 Å². The molecule has 1 aromatic heterocycles. The van der Waals surface area contributed by atoms with Crippen LogP contribution in [0.25, 0.3) is 0 Å². The monoisotopic (exact) mass is 506 g/mol. The predicted octanol–water partition coefficient (Wildman–Crippen LogP) is 2.68. The van der Waals surface area contributed by atoms with E-state index < -0.39 is 5.60 Å². The molecule has 0 bridgehead atoms. The Morgan fingerprint density at radius 2 is 2.04 bits per heavy atom. The smallest absolute Gasteiger partial charge is 0.410 e. The lowest BCUT2D eigenvalue weighted by atomic mass is 10.1. The molecule has 0 saturated carbocycles. The minimum absolute atomic E-state index is 0. The van der Waals surface area contributed by atoms with Crippen LogP contribution in [0.15, 0.2) is 11.1 Å². The van der Waals surface area contributed by atoms with Crippen molar-refractivity contribution in [2.45, 2.75) is 66.2 Å². The van der Waals surface area contributed by atoms with Crippen LogP contribution in [0, 0.1) is 13.8 Å². The lowest BCUT2D eigenvalue weighted by molar-refractivity contribution is 0.00701. The van der Waals surface area contributed by atoms with Gasteiger partial charge in [0.25, 0.3) is 0 Å². The summed E-state index contributed by atoms with van der Waals surface area (Å²) in [4.78, 5) is 18.3. The van der Waals surface area contributed by atoms with Crippen molar-refractivity contribution >= 4 is 36.0 Å². The number of guanidine groups is 1. The quantitative estimate of drug-likeness (QED) is 0.268. The zero-order valence-electron chi connectivity index (χ0n) is 17.9. The lowest BCUT2D eigenvalue weighted by Crippen LogP contribution is -2.63. The van der Waals surface area contributed by atoms with Crippen LogP contribution in [-0.4, -0.2) is 64.6 Å². The minimum atomic E-state index is -0.461. The van der Waals surface area contributed by atoms with Crippen LogP contribution in [0.5, 0.6) is 0 Å². The molecule has 28 heavy (non-hydrogen) atoms. The third-order valence-corrected chi connectivity index (χ3v) is 4.12. The van der Waals surface area contributed by atoms with Gasteiger partial charge in [-0.25, -0.2) is 4.79 Å². The second-order valence-corrected chi connectivity index (χ2v) is 7.99. The van der Waals surface area contributed by atoms with Gasteiger partial charge in [0.05, 0.1) is 11.7 Å². The van der Waals surface area contributed by atoms with Gasteiger partial charge in [0, 0.05) is 38.4 Å². The lowest BCUT2D eigenvalue weighted by Gasteiger charge is -2.40. The molecule has 160 valence electrons. The molecular weight excluding hydrogens is 471 g/mol. The summed E-state index contributed by atoms with van der Waals surface area (Å²) in [5.41, 5.74) is 1.76. The molecule has 0 aliphatic carbocycles. The molecule has 2 heterocycles. The standard InChI is InChI=1S/C19H34N6O2.HI/c1-7-20-17(21-9-8-10-25-15(3)11-14(2)23-25)22-16-12-24(13-16)18(26)27-19(4,5)6;/h11,16H,7-10,12-13H2,1-6H3,(H2,20,21,22);1H. The van der Waals surface area contributed by atoms with E-state index in [1.54, 1.807) is 4.90 Å². The molecule has 1 saturated heterocycles. The van der Waals surface area contributed by atoms with Crippen LogP contribution in [0.2, 0.25) is 0 Å². The van der Waals surface area contributed by atoms with Crippen molar-refractivity contribution in [3.63, 3.8) is 0 Å². The summed E-state index contributed by atoms with van der Waals surface area (Å²) in [6, 6.07) is 2.29. The SMILES string of the molecule is CCNC(=NCCCn1nc(C)cc1C)NC1CN(C(=O)OC(C)(C)C)C1.I. The number of hydrogen-bond donors (Lipinski definition) is 2. The summed E-state index contributed by atoms with van der Waals surface area (Å²) in [5.74, 6) is 0.791. The van der Waals surface area contributed by atoms with Crippen LogP contribution < -0.4 is 10.6 Å². The van der Waals surface area contributed by atoms with Crippen LogP contribution in [-0.2, 0) is 11.3 Å². The Bertz CT molecular complexity index is 662. The van der Waals surface area contributed by atoms with Crippen molar-refractivity contribution in [3.8, 4) is 0 Å². The van der Waals surface area contributed by atoms with Crippen LogP contribution in [0.3, 0.4) is 0 Å². The first-order chi connectivity index (χ1) is 12.7. The third-order valence-electron chi connectivity index (χ3n) is 4.12. The summed E-state index contributed by atoms with van der Waals surface area (Å²) in [6.07, 6.45) is 0.667. The van der Waals surface area contributed by atoms with Gasteiger partial charge in [-0.3, -0.25) is 9.67 Å². The van der Waals surface area contributed by atoms with E-state index in [1.807, 2.05) is 39.3 Å². The molecule has 9 heteroatoms. The molecule has 0 unspecified atom stereocenters. The molecule has 0 spiro atoms. The van der Waals surface area contributed by atoms with E-state index in [0.717, 1.165) is 37.7 Å². The van der Waals surface area contributed by atoms with Gasteiger partial charge in [0.2, 0.25) is 0 Å². The van der Waals surface area contributed by atoms with Gasteiger partial charge >= 0.3 is 6.09 Å². The van der Waals surface area contributed by atoms with Crippen molar-refractivity contribution in [2.24, 2.45) is 4.99 Å². The first kappa shape index (κ1) is 24.5. The Morgan fingerprint density at radius 3 is 2.57 bits per heavy atom. The Hall–Kier alpha value is -1.52. The number of nitrogens with one attached hydrogen (secondary N) is 2. The van der Waals surface area contributed by atoms with Gasteiger partial charge in [-0.15, -0.1) is 24.0 Å². The highest BCUT2D eigenvalue weighted by atomic mass is 127. The Labute approximate surface area is 185 Å². The predicted molar refractivity (Wildman–Crippen MR) is 122 cm³/mol. The van der Waals surface area contributed by atoms with E-state index in [1.165, 1.54) is 5.69 Å². The summed E-state index contributed by atoms with van der Waals surface area (Å²) < 4.78 is 7.40. The first-order valence-electron chi connectivity index (χ1n) is 9.71. The third kappa shape index (κ3) is 7.84. The normalized spacial score (nSPS) is 14.9. The highest BCUT2D eigenvalue weighted by Gasteiger charge is 2.34. The molecular formula is C19H35IN6O2. The zero-order valence-corrected chi connectivity index (χ0v) is 20.2. The van der Waals surface area contributed by atoms with Crippen LogP contribution >= 0.6 is 24.0 Å². The Morgan fingerprint density at radius 1 is 1.36 bits per heavy atom. The highest BCUT2D eigenvalue weighted by Crippen LogP contribution is 2.15. The van der Waals surface area contributed by atoms with Crippen molar-refractivity contribution in [2.75, 3.05) is 26.2 Å². The van der Waals surface area contributed by atoms with Crippen molar-refractivity contribution in [3.05, 3.63) is 17.5 Å². The van der Waals surface area contributed by atoms with Crippen LogP contribution in [0.1, 0.15) is 45.5 Å². The van der Waals surface area contributed by atoms with E-state index in [9.17, 15) is 4.79 Å². The molecule has 0 radical (unpaired) electrons. The second kappa shape index (κ2) is 10.9. The summed E-state index contributed by atoms with van der Waals surface area (Å²) in [6.45, 7) is 15.4. The Kier molecular flexibility index (Phi) is 9.52. The number of amides is 1. The molecule has 0 atom stereocenters. The molecule has 1 fully saturated rings. The maximum Gasteiger partial charge on any atom is 0.410 e. The van der Waals surface area contributed by atoms with Gasteiger partial charge in [0.15, 0.2) is 5.96 Å². The summed E-state index contributed by atoms with van der Waals surface area (Å²) in [5, 5.41) is 11.1. The van der Waals surface area contributed by atoms with Crippen molar-refractivity contribution in [1.29, 1.82) is 0 Å².